The van der Waals surface area contributed by atoms with Gasteiger partial charge in [0.2, 0.25) is 5.82 Å². The minimum Gasteiger partial charge on any atom is -0.363 e. The molecule has 0 amide bonds. The Hall–Kier alpha value is -1.63. The first-order valence-electron chi connectivity index (χ1n) is 7.13. The molecule has 1 N–H and O–H groups in total. The van der Waals surface area contributed by atoms with Gasteiger partial charge < -0.3 is 10.2 Å². The molecule has 0 aromatic carbocycles. The van der Waals surface area contributed by atoms with Gasteiger partial charge in [0, 0.05) is 20.1 Å². The molecule has 2 rings (SSSR count). The molecule has 1 saturated heterocycles. The molecule has 0 unspecified atom stereocenters. The third-order valence-electron chi connectivity index (χ3n) is 3.97. The van der Waals surface area contributed by atoms with Crippen LogP contribution in [-0.4, -0.2) is 45.8 Å². The Balaban J connectivity index is 1.90. The lowest BCUT2D eigenvalue weighted by Gasteiger charge is -2.30. The van der Waals surface area contributed by atoms with Gasteiger partial charge in [0.15, 0.2) is 0 Å². The Bertz CT molecular complexity index is 477. The number of nitrogens with zero attached hydrogens (tertiary/aromatic N) is 4. The largest absolute Gasteiger partial charge is 0.363 e. The maximum Gasteiger partial charge on any atom is 0.333 e. The zero-order chi connectivity index (χ0) is 14.7. The Morgan fingerprint density at radius 1 is 1.45 bits per heavy atom. The first kappa shape index (κ1) is 14.8. The third-order valence-corrected chi connectivity index (χ3v) is 3.97. The van der Waals surface area contributed by atoms with Gasteiger partial charge in [-0.1, -0.05) is 6.92 Å². The molecule has 20 heavy (non-hydrogen) atoms. The molecule has 0 spiro atoms. The maximum absolute atomic E-state index is 11.1. The predicted octanol–water partition coefficient (Wildman–Crippen LogP) is 1.78. The van der Waals surface area contributed by atoms with E-state index in [2.05, 4.69) is 22.2 Å². The molecule has 1 aliphatic rings. The summed E-state index contributed by atoms with van der Waals surface area (Å²) in [6.45, 7) is 7.81. The van der Waals surface area contributed by atoms with Crippen molar-refractivity contribution in [3.8, 4) is 0 Å². The van der Waals surface area contributed by atoms with Gasteiger partial charge in [-0.2, -0.15) is 5.10 Å². The predicted molar refractivity (Wildman–Crippen MR) is 77.9 cm³/mol. The van der Waals surface area contributed by atoms with Crippen molar-refractivity contribution in [1.29, 1.82) is 0 Å². The second kappa shape index (κ2) is 6.21. The van der Waals surface area contributed by atoms with Crippen LogP contribution in [0.2, 0.25) is 0 Å². The minimum absolute atomic E-state index is 0.0831. The second-order valence-electron chi connectivity index (χ2n) is 5.61. The van der Waals surface area contributed by atoms with Crippen LogP contribution in [0.3, 0.4) is 0 Å². The first-order chi connectivity index (χ1) is 9.49. The molecule has 7 nitrogen and oxygen atoms in total. The number of anilines is 1. The van der Waals surface area contributed by atoms with E-state index >= 15 is 0 Å². The topological polar surface area (TPSA) is 76.2 Å². The summed E-state index contributed by atoms with van der Waals surface area (Å²) >= 11 is 0. The van der Waals surface area contributed by atoms with Gasteiger partial charge in [0.1, 0.15) is 5.69 Å². The number of likely N-dealkylation sites (tertiary alicyclic amines) is 1. The number of aryl methyl sites for hydroxylation is 2. The average molecular weight is 281 g/mol. The highest BCUT2D eigenvalue weighted by Crippen LogP contribution is 2.27. The van der Waals surface area contributed by atoms with Crippen molar-refractivity contribution in [2.45, 2.75) is 26.7 Å². The molecule has 0 saturated carbocycles. The minimum atomic E-state index is -0.368. The van der Waals surface area contributed by atoms with Gasteiger partial charge in [-0.25, -0.2) is 4.68 Å². The van der Waals surface area contributed by atoms with Crippen LogP contribution in [0.15, 0.2) is 0 Å². The van der Waals surface area contributed by atoms with Crippen LogP contribution in [-0.2, 0) is 7.05 Å². The molecule has 7 heteroatoms. The highest BCUT2D eigenvalue weighted by atomic mass is 16.6. The summed E-state index contributed by atoms with van der Waals surface area (Å²) in [5.74, 6) is 1.32. The van der Waals surface area contributed by atoms with Gasteiger partial charge in [-0.05, 0) is 38.8 Å². The van der Waals surface area contributed by atoms with E-state index in [9.17, 15) is 10.1 Å². The third kappa shape index (κ3) is 3.27. The molecule has 1 aromatic heterocycles. The maximum atomic E-state index is 11.1. The fourth-order valence-corrected chi connectivity index (χ4v) is 2.68. The van der Waals surface area contributed by atoms with E-state index in [0.717, 1.165) is 25.6 Å². The summed E-state index contributed by atoms with van der Waals surface area (Å²) in [5, 5.41) is 18.3. The second-order valence-corrected chi connectivity index (χ2v) is 5.61. The lowest BCUT2D eigenvalue weighted by molar-refractivity contribution is -0.384. The fraction of sp³-hybridized carbons (Fsp3) is 0.769. The average Bonchev–Trinajstić information content (AvgIpc) is 2.66. The lowest BCUT2D eigenvalue weighted by atomic mass is 9.99. The standard InChI is InChI=1S/C13H23N5O2/c1-10-4-7-17(8-5-10)9-6-14-13-12(18(19)20)11(2)15-16(13)3/h10,14H,4-9H2,1-3H3. The number of hydrogen-bond acceptors (Lipinski definition) is 5. The smallest absolute Gasteiger partial charge is 0.333 e. The van der Waals surface area contributed by atoms with Crippen LogP contribution in [0.25, 0.3) is 0 Å². The zero-order valence-corrected chi connectivity index (χ0v) is 12.4. The SMILES string of the molecule is Cc1nn(C)c(NCCN2CCC(C)CC2)c1[N+](=O)[O-]. The van der Waals surface area contributed by atoms with Gasteiger partial charge in [-0.15, -0.1) is 0 Å². The van der Waals surface area contributed by atoms with Crippen molar-refractivity contribution in [3.63, 3.8) is 0 Å². The monoisotopic (exact) mass is 281 g/mol. The number of aromatic nitrogens is 2. The fourth-order valence-electron chi connectivity index (χ4n) is 2.68. The van der Waals surface area contributed by atoms with Crippen LogP contribution in [0.4, 0.5) is 11.5 Å². The van der Waals surface area contributed by atoms with Crippen molar-refractivity contribution < 1.29 is 4.92 Å². The molecule has 1 fully saturated rings. The molecule has 0 radical (unpaired) electrons. The highest BCUT2D eigenvalue weighted by Gasteiger charge is 2.23. The van der Waals surface area contributed by atoms with Crippen molar-refractivity contribution >= 4 is 11.5 Å². The molecular weight excluding hydrogens is 258 g/mol. The molecule has 112 valence electrons. The number of nitrogens with one attached hydrogen (secondary N) is 1. The van der Waals surface area contributed by atoms with Crippen LogP contribution in [0, 0.1) is 23.0 Å². The molecule has 0 aliphatic carbocycles. The Morgan fingerprint density at radius 2 is 2.10 bits per heavy atom. The van der Waals surface area contributed by atoms with E-state index in [-0.39, 0.29) is 10.6 Å². The summed E-state index contributed by atoms with van der Waals surface area (Å²) in [6, 6.07) is 0. The Labute approximate surface area is 119 Å². The van der Waals surface area contributed by atoms with Gasteiger partial charge >= 0.3 is 5.69 Å². The Morgan fingerprint density at radius 3 is 2.70 bits per heavy atom. The Kier molecular flexibility index (Phi) is 4.59. The van der Waals surface area contributed by atoms with Gasteiger partial charge in [-0.3, -0.25) is 10.1 Å². The van der Waals surface area contributed by atoms with Crippen LogP contribution >= 0.6 is 0 Å². The molecule has 0 atom stereocenters. The van der Waals surface area contributed by atoms with Crippen LogP contribution in [0.5, 0.6) is 0 Å². The lowest BCUT2D eigenvalue weighted by Crippen LogP contribution is -2.36. The number of nitro groups is 1. The van der Waals surface area contributed by atoms with E-state index in [4.69, 9.17) is 0 Å². The first-order valence-corrected chi connectivity index (χ1v) is 7.13. The van der Waals surface area contributed by atoms with Crippen molar-refractivity contribution in [2.24, 2.45) is 13.0 Å². The van der Waals surface area contributed by atoms with Gasteiger partial charge in [0.05, 0.1) is 4.92 Å². The quantitative estimate of drug-likeness (QED) is 0.657. The molecule has 0 bridgehead atoms. The van der Waals surface area contributed by atoms with E-state index in [1.807, 2.05) is 0 Å². The summed E-state index contributed by atoms with van der Waals surface area (Å²) in [4.78, 5) is 13.1. The van der Waals surface area contributed by atoms with Crippen LogP contribution < -0.4 is 5.32 Å². The molecule has 1 aromatic rings. The summed E-state index contributed by atoms with van der Waals surface area (Å²) < 4.78 is 1.55. The van der Waals surface area contributed by atoms with E-state index in [0.29, 0.717) is 18.1 Å². The van der Waals surface area contributed by atoms with E-state index in [1.165, 1.54) is 12.8 Å². The summed E-state index contributed by atoms with van der Waals surface area (Å²) in [7, 11) is 1.73. The van der Waals surface area contributed by atoms with Crippen molar-refractivity contribution in [2.75, 3.05) is 31.5 Å². The van der Waals surface area contributed by atoms with Crippen molar-refractivity contribution in [3.05, 3.63) is 15.8 Å². The molecule has 1 aliphatic heterocycles. The normalized spacial score (nSPS) is 17.4. The summed E-state index contributed by atoms with van der Waals surface area (Å²) in [5.41, 5.74) is 0.534. The van der Waals surface area contributed by atoms with Crippen molar-refractivity contribution in [1.82, 2.24) is 14.7 Å². The van der Waals surface area contributed by atoms with E-state index in [1.54, 1.807) is 18.7 Å². The number of piperidine rings is 1. The highest BCUT2D eigenvalue weighted by molar-refractivity contribution is 5.59. The number of rotatable bonds is 5. The molecular formula is C13H23N5O2. The van der Waals surface area contributed by atoms with Crippen LogP contribution in [0.1, 0.15) is 25.5 Å². The molecule has 2 heterocycles. The number of hydrogen-bond donors (Lipinski definition) is 1. The summed E-state index contributed by atoms with van der Waals surface area (Å²) in [6.07, 6.45) is 2.48. The van der Waals surface area contributed by atoms with Gasteiger partial charge in [0.25, 0.3) is 0 Å². The zero-order valence-electron chi connectivity index (χ0n) is 12.4. The van der Waals surface area contributed by atoms with E-state index < -0.39 is 0 Å².